The molecular formula is C17H17F2NO2. The zero-order valence-corrected chi connectivity index (χ0v) is 12.3. The van der Waals surface area contributed by atoms with E-state index in [1.165, 1.54) is 36.4 Å². The molecule has 116 valence electrons. The second-order valence-corrected chi connectivity index (χ2v) is 5.21. The number of carbonyl (C=O) groups excluding carboxylic acids is 1. The Morgan fingerprint density at radius 3 is 2.09 bits per heavy atom. The number of halogens is 2. The predicted octanol–water partition coefficient (Wildman–Crippen LogP) is 3.30. The molecule has 0 amide bonds. The van der Waals surface area contributed by atoms with Gasteiger partial charge in [-0.25, -0.2) is 0 Å². The molecule has 0 fully saturated rings. The van der Waals surface area contributed by atoms with Crippen LogP contribution < -0.4 is 4.90 Å². The summed E-state index contributed by atoms with van der Waals surface area (Å²) < 4.78 is 28.5. The number of benzene rings is 2. The Balaban J connectivity index is 2.26. The minimum Gasteiger partial charge on any atom is -0.382 e. The van der Waals surface area contributed by atoms with Crippen molar-refractivity contribution in [1.82, 2.24) is 0 Å². The van der Waals surface area contributed by atoms with Gasteiger partial charge in [0.05, 0.1) is 0 Å². The molecule has 0 bridgehead atoms. The highest BCUT2D eigenvalue weighted by atomic mass is 19.3. The molecule has 0 aliphatic carbocycles. The number of anilines is 1. The highest BCUT2D eigenvalue weighted by Gasteiger charge is 2.47. The first-order valence-electron chi connectivity index (χ1n) is 6.77. The Morgan fingerprint density at radius 1 is 1.05 bits per heavy atom. The van der Waals surface area contributed by atoms with E-state index in [0.717, 1.165) is 5.69 Å². The molecule has 2 aromatic carbocycles. The van der Waals surface area contributed by atoms with E-state index in [-0.39, 0.29) is 11.1 Å². The van der Waals surface area contributed by atoms with Crippen molar-refractivity contribution >= 4 is 11.5 Å². The summed E-state index contributed by atoms with van der Waals surface area (Å²) in [7, 11) is 3.64. The molecule has 2 rings (SSSR count). The lowest BCUT2D eigenvalue weighted by molar-refractivity contribution is -0.0792. The summed E-state index contributed by atoms with van der Waals surface area (Å²) in [5, 5.41) is 9.93. The first-order valence-corrected chi connectivity index (χ1v) is 6.77. The molecule has 3 nitrogen and oxygen atoms in total. The minimum absolute atomic E-state index is 0.000110. The fraction of sp³-hybridized carbons (Fsp3) is 0.235. The quantitative estimate of drug-likeness (QED) is 0.862. The van der Waals surface area contributed by atoms with Gasteiger partial charge in [0.2, 0.25) is 5.78 Å². The SMILES string of the molecule is CN(C)c1ccc([C@@H](O)C(F)(F)C(=O)c2ccccc2)cc1. The number of aliphatic hydroxyl groups is 1. The molecule has 1 N–H and O–H groups in total. The van der Waals surface area contributed by atoms with Crippen molar-refractivity contribution in [3.63, 3.8) is 0 Å². The van der Waals surface area contributed by atoms with Crippen molar-refractivity contribution in [2.24, 2.45) is 0 Å². The summed E-state index contributed by atoms with van der Waals surface area (Å²) in [5.41, 5.74) is 0.685. The normalized spacial score (nSPS) is 12.8. The van der Waals surface area contributed by atoms with E-state index in [0.29, 0.717) is 0 Å². The van der Waals surface area contributed by atoms with E-state index in [2.05, 4.69) is 0 Å². The maximum atomic E-state index is 14.2. The largest absolute Gasteiger partial charge is 0.382 e. The Bertz CT molecular complexity index is 639. The molecule has 22 heavy (non-hydrogen) atoms. The Hall–Kier alpha value is -2.27. The molecule has 0 saturated carbocycles. The molecule has 0 heterocycles. The van der Waals surface area contributed by atoms with E-state index in [4.69, 9.17) is 0 Å². The van der Waals surface area contributed by atoms with Gasteiger partial charge in [-0.3, -0.25) is 4.79 Å². The molecule has 0 radical (unpaired) electrons. The lowest BCUT2D eigenvalue weighted by Gasteiger charge is -2.22. The maximum Gasteiger partial charge on any atom is 0.339 e. The number of alkyl halides is 2. The van der Waals surface area contributed by atoms with E-state index in [9.17, 15) is 18.7 Å². The molecule has 2 aromatic rings. The number of hydrogen-bond donors (Lipinski definition) is 1. The van der Waals surface area contributed by atoms with Gasteiger partial charge in [0, 0.05) is 25.3 Å². The van der Waals surface area contributed by atoms with Gasteiger partial charge in [-0.2, -0.15) is 8.78 Å². The fourth-order valence-corrected chi connectivity index (χ4v) is 2.07. The highest BCUT2D eigenvalue weighted by Crippen LogP contribution is 2.34. The second kappa shape index (κ2) is 6.23. The average molecular weight is 305 g/mol. The fourth-order valence-electron chi connectivity index (χ4n) is 2.07. The number of hydrogen-bond acceptors (Lipinski definition) is 3. The predicted molar refractivity (Wildman–Crippen MR) is 81.4 cm³/mol. The van der Waals surface area contributed by atoms with Crippen molar-refractivity contribution in [3.8, 4) is 0 Å². The summed E-state index contributed by atoms with van der Waals surface area (Å²) in [6, 6.07) is 13.3. The molecule has 5 heteroatoms. The van der Waals surface area contributed by atoms with Gasteiger partial charge < -0.3 is 10.0 Å². The van der Waals surface area contributed by atoms with E-state index >= 15 is 0 Å². The number of rotatable bonds is 5. The summed E-state index contributed by atoms with van der Waals surface area (Å²) in [4.78, 5) is 13.7. The van der Waals surface area contributed by atoms with Crippen LogP contribution in [0.5, 0.6) is 0 Å². The molecule has 0 saturated heterocycles. The van der Waals surface area contributed by atoms with Gasteiger partial charge in [0.15, 0.2) is 6.10 Å². The average Bonchev–Trinajstić information content (AvgIpc) is 2.54. The minimum atomic E-state index is -3.89. The number of ketones is 1. The highest BCUT2D eigenvalue weighted by molar-refractivity contribution is 6.01. The van der Waals surface area contributed by atoms with Crippen LogP contribution in [0.15, 0.2) is 54.6 Å². The third kappa shape index (κ3) is 3.14. The third-order valence-electron chi connectivity index (χ3n) is 3.41. The maximum absolute atomic E-state index is 14.2. The van der Waals surface area contributed by atoms with Crippen LogP contribution in [-0.2, 0) is 0 Å². The molecule has 0 aliphatic heterocycles. The Kier molecular flexibility index (Phi) is 4.56. The van der Waals surface area contributed by atoms with E-state index < -0.39 is 17.8 Å². The van der Waals surface area contributed by atoms with Crippen LogP contribution in [0, 0.1) is 0 Å². The van der Waals surface area contributed by atoms with Crippen molar-refractivity contribution in [3.05, 3.63) is 65.7 Å². The van der Waals surface area contributed by atoms with Gasteiger partial charge in [-0.15, -0.1) is 0 Å². The van der Waals surface area contributed by atoms with Crippen LogP contribution in [0.1, 0.15) is 22.0 Å². The van der Waals surface area contributed by atoms with Crippen LogP contribution in [0.2, 0.25) is 0 Å². The van der Waals surface area contributed by atoms with Gasteiger partial charge in [0.25, 0.3) is 0 Å². The van der Waals surface area contributed by atoms with Crippen LogP contribution in [0.4, 0.5) is 14.5 Å². The topological polar surface area (TPSA) is 40.5 Å². The van der Waals surface area contributed by atoms with Crippen LogP contribution >= 0.6 is 0 Å². The number of carbonyl (C=O) groups is 1. The van der Waals surface area contributed by atoms with Crippen LogP contribution in [0.3, 0.4) is 0 Å². The standard InChI is InChI=1S/C17H17F2NO2/c1-20(2)14-10-8-13(9-11-14)16(22)17(18,19)15(21)12-6-4-3-5-7-12/h3-11,16,22H,1-2H3/t16-/m1/s1. The van der Waals surface area contributed by atoms with Crippen molar-refractivity contribution in [2.75, 3.05) is 19.0 Å². The Labute approximate surface area is 127 Å². The molecule has 0 spiro atoms. The number of aliphatic hydroxyl groups excluding tert-OH is 1. The number of nitrogens with zero attached hydrogens (tertiary/aromatic N) is 1. The smallest absolute Gasteiger partial charge is 0.339 e. The molecule has 0 aliphatic rings. The Morgan fingerprint density at radius 2 is 1.59 bits per heavy atom. The summed E-state index contributed by atoms with van der Waals surface area (Å²) in [6.45, 7) is 0. The van der Waals surface area contributed by atoms with Crippen molar-refractivity contribution < 1.29 is 18.7 Å². The summed E-state index contributed by atoms with van der Waals surface area (Å²) in [6.07, 6.45) is -2.18. The summed E-state index contributed by atoms with van der Waals surface area (Å²) in [5.74, 6) is -5.28. The molecule has 1 atom stereocenters. The zero-order valence-electron chi connectivity index (χ0n) is 12.3. The van der Waals surface area contributed by atoms with Crippen molar-refractivity contribution in [1.29, 1.82) is 0 Å². The third-order valence-corrected chi connectivity index (χ3v) is 3.41. The first-order chi connectivity index (χ1) is 10.3. The molecule has 0 unspecified atom stereocenters. The van der Waals surface area contributed by atoms with Crippen LogP contribution in [-0.4, -0.2) is 30.9 Å². The molecular weight excluding hydrogens is 288 g/mol. The van der Waals surface area contributed by atoms with E-state index in [1.807, 2.05) is 19.0 Å². The number of Topliss-reactive ketones (excluding diaryl/α,β-unsaturated/α-hetero) is 1. The molecule has 0 aromatic heterocycles. The van der Waals surface area contributed by atoms with Gasteiger partial charge in [-0.05, 0) is 17.7 Å². The monoisotopic (exact) mass is 305 g/mol. The van der Waals surface area contributed by atoms with Gasteiger partial charge >= 0.3 is 5.92 Å². The second-order valence-electron chi connectivity index (χ2n) is 5.21. The van der Waals surface area contributed by atoms with Crippen LogP contribution in [0.25, 0.3) is 0 Å². The van der Waals surface area contributed by atoms with Crippen molar-refractivity contribution in [2.45, 2.75) is 12.0 Å². The van der Waals surface area contributed by atoms with Gasteiger partial charge in [-0.1, -0.05) is 42.5 Å². The lowest BCUT2D eigenvalue weighted by atomic mass is 9.96. The lowest BCUT2D eigenvalue weighted by Crippen LogP contribution is -2.35. The summed E-state index contributed by atoms with van der Waals surface area (Å²) >= 11 is 0. The zero-order chi connectivity index (χ0) is 16.3. The first kappa shape index (κ1) is 16.1. The van der Waals surface area contributed by atoms with E-state index in [1.54, 1.807) is 18.2 Å². The van der Waals surface area contributed by atoms with Gasteiger partial charge in [0.1, 0.15) is 0 Å².